The number of hydrogen-bond acceptors (Lipinski definition) is 2. The summed E-state index contributed by atoms with van der Waals surface area (Å²) in [5, 5.41) is 3.59. The van der Waals surface area contributed by atoms with Crippen molar-refractivity contribution in [3.8, 4) is 5.75 Å². The van der Waals surface area contributed by atoms with Crippen LogP contribution in [0.1, 0.15) is 35.2 Å². The molecule has 0 spiro atoms. The summed E-state index contributed by atoms with van der Waals surface area (Å²) in [5.41, 5.74) is 5.03. The van der Waals surface area contributed by atoms with Crippen LogP contribution in [0, 0.1) is 13.8 Å². The zero-order valence-electron chi connectivity index (χ0n) is 13.0. The third-order valence-electron chi connectivity index (χ3n) is 3.73. The highest BCUT2D eigenvalue weighted by Gasteiger charge is 2.18. The quantitative estimate of drug-likeness (QED) is 0.840. The van der Waals surface area contributed by atoms with Gasteiger partial charge in [-0.3, -0.25) is 0 Å². The van der Waals surface area contributed by atoms with Crippen LogP contribution in [0.2, 0.25) is 0 Å². The summed E-state index contributed by atoms with van der Waals surface area (Å²) in [7, 11) is 1.70. The van der Waals surface area contributed by atoms with E-state index in [4.69, 9.17) is 4.74 Å². The van der Waals surface area contributed by atoms with Crippen molar-refractivity contribution in [2.24, 2.45) is 0 Å². The van der Waals surface area contributed by atoms with Gasteiger partial charge < -0.3 is 10.1 Å². The summed E-state index contributed by atoms with van der Waals surface area (Å²) < 4.78 is 6.48. The molecule has 1 unspecified atom stereocenters. The SMILES string of the molecule is CCNC(c1ccc(OC)cc1C)c1cccc(C)c1Br. The highest BCUT2D eigenvalue weighted by molar-refractivity contribution is 9.10. The molecule has 0 heterocycles. The molecule has 0 aromatic heterocycles. The van der Waals surface area contributed by atoms with Gasteiger partial charge in [0.1, 0.15) is 5.75 Å². The normalized spacial score (nSPS) is 12.2. The van der Waals surface area contributed by atoms with Crippen molar-refractivity contribution < 1.29 is 4.74 Å². The van der Waals surface area contributed by atoms with Crippen LogP contribution in [0.5, 0.6) is 5.75 Å². The summed E-state index contributed by atoms with van der Waals surface area (Å²) in [6.45, 7) is 7.30. The Bertz CT molecular complexity index is 625. The molecule has 0 aliphatic carbocycles. The summed E-state index contributed by atoms with van der Waals surface area (Å²) >= 11 is 3.74. The number of halogens is 1. The molecule has 0 radical (unpaired) electrons. The van der Waals surface area contributed by atoms with Gasteiger partial charge in [-0.1, -0.05) is 47.1 Å². The Balaban J connectivity index is 2.51. The van der Waals surface area contributed by atoms with Crippen LogP contribution < -0.4 is 10.1 Å². The molecule has 1 atom stereocenters. The molecule has 0 bridgehead atoms. The summed E-state index contributed by atoms with van der Waals surface area (Å²) in [4.78, 5) is 0. The van der Waals surface area contributed by atoms with Gasteiger partial charge in [0.25, 0.3) is 0 Å². The van der Waals surface area contributed by atoms with E-state index in [1.54, 1.807) is 7.11 Å². The van der Waals surface area contributed by atoms with Crippen molar-refractivity contribution in [3.63, 3.8) is 0 Å². The van der Waals surface area contributed by atoms with E-state index in [9.17, 15) is 0 Å². The maximum Gasteiger partial charge on any atom is 0.119 e. The second-order valence-electron chi connectivity index (χ2n) is 5.19. The molecule has 0 saturated heterocycles. The smallest absolute Gasteiger partial charge is 0.119 e. The van der Waals surface area contributed by atoms with E-state index in [0.717, 1.165) is 12.3 Å². The highest BCUT2D eigenvalue weighted by atomic mass is 79.9. The van der Waals surface area contributed by atoms with E-state index in [2.05, 4.69) is 72.3 Å². The van der Waals surface area contributed by atoms with Gasteiger partial charge in [-0.05, 0) is 54.8 Å². The third kappa shape index (κ3) is 3.47. The third-order valence-corrected chi connectivity index (χ3v) is 4.81. The number of methoxy groups -OCH3 is 1. The number of aryl methyl sites for hydroxylation is 2. The minimum atomic E-state index is 0.176. The summed E-state index contributed by atoms with van der Waals surface area (Å²) in [6.07, 6.45) is 0. The Morgan fingerprint density at radius 3 is 2.48 bits per heavy atom. The fourth-order valence-electron chi connectivity index (χ4n) is 2.58. The molecule has 21 heavy (non-hydrogen) atoms. The Morgan fingerprint density at radius 1 is 1.10 bits per heavy atom. The average Bonchev–Trinajstić information content (AvgIpc) is 2.48. The summed E-state index contributed by atoms with van der Waals surface area (Å²) in [6, 6.07) is 12.8. The van der Waals surface area contributed by atoms with E-state index in [-0.39, 0.29) is 6.04 Å². The maximum atomic E-state index is 5.31. The van der Waals surface area contributed by atoms with Crippen LogP contribution in [-0.2, 0) is 0 Å². The lowest BCUT2D eigenvalue weighted by molar-refractivity contribution is 0.414. The monoisotopic (exact) mass is 347 g/mol. The fraction of sp³-hybridized carbons (Fsp3) is 0.333. The van der Waals surface area contributed by atoms with Crippen LogP contribution in [0.4, 0.5) is 0 Å². The van der Waals surface area contributed by atoms with Gasteiger partial charge in [-0.2, -0.15) is 0 Å². The lowest BCUT2D eigenvalue weighted by Crippen LogP contribution is -2.23. The molecule has 0 fully saturated rings. The minimum absolute atomic E-state index is 0.176. The first-order valence-electron chi connectivity index (χ1n) is 7.21. The van der Waals surface area contributed by atoms with Crippen molar-refractivity contribution >= 4 is 15.9 Å². The van der Waals surface area contributed by atoms with Crippen molar-refractivity contribution in [2.75, 3.05) is 13.7 Å². The van der Waals surface area contributed by atoms with E-state index in [1.165, 1.54) is 26.7 Å². The molecule has 2 nitrogen and oxygen atoms in total. The molecule has 0 aliphatic rings. The molecule has 2 aromatic rings. The molecule has 112 valence electrons. The predicted octanol–water partition coefficient (Wildman–Crippen LogP) is 4.77. The van der Waals surface area contributed by atoms with Crippen LogP contribution in [0.25, 0.3) is 0 Å². The lowest BCUT2D eigenvalue weighted by atomic mass is 9.94. The number of benzene rings is 2. The first-order chi connectivity index (χ1) is 10.1. The molecule has 1 N–H and O–H groups in total. The molecule has 2 rings (SSSR count). The Hall–Kier alpha value is -1.32. The number of rotatable bonds is 5. The maximum absolute atomic E-state index is 5.31. The van der Waals surface area contributed by atoms with E-state index in [1.807, 2.05) is 6.07 Å². The largest absolute Gasteiger partial charge is 0.497 e. The van der Waals surface area contributed by atoms with Crippen LogP contribution in [0.15, 0.2) is 40.9 Å². The van der Waals surface area contributed by atoms with Crippen LogP contribution >= 0.6 is 15.9 Å². The Morgan fingerprint density at radius 2 is 1.86 bits per heavy atom. The summed E-state index contributed by atoms with van der Waals surface area (Å²) in [5.74, 6) is 0.898. The Kier molecular flexibility index (Phi) is 5.43. The first kappa shape index (κ1) is 16.1. The molecule has 0 amide bonds. The highest BCUT2D eigenvalue weighted by Crippen LogP contribution is 2.33. The van der Waals surface area contributed by atoms with E-state index >= 15 is 0 Å². The molecular weight excluding hydrogens is 326 g/mol. The number of nitrogens with one attached hydrogen (secondary N) is 1. The predicted molar refractivity (Wildman–Crippen MR) is 92.1 cm³/mol. The minimum Gasteiger partial charge on any atom is -0.497 e. The van der Waals surface area contributed by atoms with Gasteiger partial charge in [0.15, 0.2) is 0 Å². The molecular formula is C18H22BrNO. The standard InChI is InChI=1S/C18H22BrNO/c1-5-20-18(16-8-6-7-12(2)17(16)19)15-10-9-14(21-4)11-13(15)3/h6-11,18,20H,5H2,1-4H3. The van der Waals surface area contributed by atoms with Crippen molar-refractivity contribution in [1.29, 1.82) is 0 Å². The zero-order valence-corrected chi connectivity index (χ0v) is 14.6. The second kappa shape index (κ2) is 7.10. The lowest BCUT2D eigenvalue weighted by Gasteiger charge is -2.23. The number of ether oxygens (including phenoxy) is 1. The van der Waals surface area contributed by atoms with E-state index < -0.39 is 0 Å². The van der Waals surface area contributed by atoms with Gasteiger partial charge in [0.05, 0.1) is 13.2 Å². The van der Waals surface area contributed by atoms with Gasteiger partial charge in [0, 0.05) is 4.47 Å². The van der Waals surface area contributed by atoms with Crippen molar-refractivity contribution in [1.82, 2.24) is 5.32 Å². The average molecular weight is 348 g/mol. The molecule has 2 aromatic carbocycles. The topological polar surface area (TPSA) is 21.3 Å². The molecule has 0 aliphatic heterocycles. The van der Waals surface area contributed by atoms with Gasteiger partial charge in [-0.25, -0.2) is 0 Å². The van der Waals surface area contributed by atoms with E-state index in [0.29, 0.717) is 0 Å². The Labute approximate surface area is 135 Å². The zero-order chi connectivity index (χ0) is 15.4. The second-order valence-corrected chi connectivity index (χ2v) is 5.98. The molecule has 3 heteroatoms. The van der Waals surface area contributed by atoms with Gasteiger partial charge in [-0.15, -0.1) is 0 Å². The fourth-order valence-corrected chi connectivity index (χ4v) is 3.08. The van der Waals surface area contributed by atoms with Crippen LogP contribution in [0.3, 0.4) is 0 Å². The van der Waals surface area contributed by atoms with Crippen LogP contribution in [-0.4, -0.2) is 13.7 Å². The number of hydrogen-bond donors (Lipinski definition) is 1. The van der Waals surface area contributed by atoms with Gasteiger partial charge >= 0.3 is 0 Å². The molecule has 0 saturated carbocycles. The first-order valence-corrected chi connectivity index (χ1v) is 8.00. The van der Waals surface area contributed by atoms with Gasteiger partial charge in [0.2, 0.25) is 0 Å². The van der Waals surface area contributed by atoms with Crippen molar-refractivity contribution in [2.45, 2.75) is 26.8 Å². The van der Waals surface area contributed by atoms with Crippen molar-refractivity contribution in [3.05, 3.63) is 63.1 Å².